The standard InChI is InChI=1S/C17H14N4O5S/c1-25-10-4-5-11(12(8-10)21(23)24)13-6-7-14(26-13)15(22)18-17-20-19-16(27-17)9-2-3-9/h4-9H,2-3H2,1H3,(H,18,20,22). The highest BCUT2D eigenvalue weighted by molar-refractivity contribution is 7.15. The summed E-state index contributed by atoms with van der Waals surface area (Å²) < 4.78 is 10.6. The van der Waals surface area contributed by atoms with Gasteiger partial charge < -0.3 is 9.15 Å². The smallest absolute Gasteiger partial charge is 0.293 e. The number of nitrogens with one attached hydrogen (secondary N) is 1. The fraction of sp³-hybridized carbons (Fsp3) is 0.235. The molecule has 0 aliphatic heterocycles. The van der Waals surface area contributed by atoms with Gasteiger partial charge in [-0.05, 0) is 37.1 Å². The molecular weight excluding hydrogens is 372 g/mol. The highest BCUT2D eigenvalue weighted by Gasteiger charge is 2.28. The maximum atomic E-state index is 12.4. The minimum Gasteiger partial charge on any atom is -0.497 e. The molecule has 2 aromatic heterocycles. The lowest BCUT2D eigenvalue weighted by atomic mass is 10.1. The van der Waals surface area contributed by atoms with Crippen molar-refractivity contribution >= 4 is 28.1 Å². The second-order valence-corrected chi connectivity index (χ2v) is 6.99. The number of nitrogens with zero attached hydrogens (tertiary/aromatic N) is 3. The molecule has 0 spiro atoms. The van der Waals surface area contributed by atoms with Crippen LogP contribution in [0.4, 0.5) is 10.8 Å². The van der Waals surface area contributed by atoms with Gasteiger partial charge in [0.1, 0.15) is 16.5 Å². The molecule has 4 rings (SSSR count). The molecule has 0 atom stereocenters. The Hall–Kier alpha value is -3.27. The lowest BCUT2D eigenvalue weighted by Crippen LogP contribution is -2.10. The first-order chi connectivity index (χ1) is 13.0. The van der Waals surface area contributed by atoms with Crippen molar-refractivity contribution in [2.45, 2.75) is 18.8 Å². The van der Waals surface area contributed by atoms with Gasteiger partial charge in [-0.1, -0.05) is 11.3 Å². The van der Waals surface area contributed by atoms with Gasteiger partial charge in [-0.3, -0.25) is 20.2 Å². The number of hydrogen-bond acceptors (Lipinski definition) is 8. The van der Waals surface area contributed by atoms with Gasteiger partial charge in [-0.15, -0.1) is 10.2 Å². The number of ether oxygens (including phenoxy) is 1. The molecule has 1 saturated carbocycles. The Labute approximate surface area is 157 Å². The van der Waals surface area contributed by atoms with Gasteiger partial charge in [0.15, 0.2) is 5.76 Å². The number of rotatable bonds is 6. The van der Waals surface area contributed by atoms with E-state index in [1.54, 1.807) is 6.07 Å². The van der Waals surface area contributed by atoms with E-state index in [2.05, 4.69) is 15.5 Å². The Morgan fingerprint density at radius 3 is 2.85 bits per heavy atom. The molecule has 0 bridgehead atoms. The zero-order valence-corrected chi connectivity index (χ0v) is 15.0. The van der Waals surface area contributed by atoms with E-state index in [4.69, 9.17) is 9.15 Å². The Kier molecular flexibility index (Phi) is 4.32. The Morgan fingerprint density at radius 2 is 2.15 bits per heavy atom. The number of aromatic nitrogens is 2. The van der Waals surface area contributed by atoms with Gasteiger partial charge >= 0.3 is 0 Å². The summed E-state index contributed by atoms with van der Waals surface area (Å²) >= 11 is 1.34. The van der Waals surface area contributed by atoms with Crippen molar-refractivity contribution in [2.24, 2.45) is 0 Å². The number of methoxy groups -OCH3 is 1. The number of carbonyl (C=O) groups is 1. The number of amides is 1. The summed E-state index contributed by atoms with van der Waals surface area (Å²) in [7, 11) is 1.43. The maximum absolute atomic E-state index is 12.4. The summed E-state index contributed by atoms with van der Waals surface area (Å²) in [6.45, 7) is 0. The first kappa shape index (κ1) is 17.2. The van der Waals surface area contributed by atoms with Crippen molar-refractivity contribution in [3.05, 3.63) is 51.2 Å². The van der Waals surface area contributed by atoms with E-state index in [1.807, 2.05) is 0 Å². The molecule has 0 unspecified atom stereocenters. The topological polar surface area (TPSA) is 120 Å². The quantitative estimate of drug-likeness (QED) is 0.504. The van der Waals surface area contributed by atoms with Crippen LogP contribution >= 0.6 is 11.3 Å². The molecule has 0 saturated heterocycles. The van der Waals surface area contributed by atoms with Crippen LogP contribution in [0.25, 0.3) is 11.3 Å². The summed E-state index contributed by atoms with van der Waals surface area (Å²) in [5.74, 6) is 0.566. The highest BCUT2D eigenvalue weighted by atomic mass is 32.1. The number of nitro groups is 1. The van der Waals surface area contributed by atoms with Crippen LogP contribution < -0.4 is 10.1 Å². The molecule has 9 nitrogen and oxygen atoms in total. The molecule has 10 heteroatoms. The third-order valence-electron chi connectivity index (χ3n) is 4.08. The largest absolute Gasteiger partial charge is 0.497 e. The highest BCUT2D eigenvalue weighted by Crippen LogP contribution is 2.42. The van der Waals surface area contributed by atoms with Gasteiger partial charge in [0.05, 0.1) is 23.7 Å². The summed E-state index contributed by atoms with van der Waals surface area (Å²) in [6, 6.07) is 7.38. The number of furan rings is 1. The van der Waals surface area contributed by atoms with Crippen LogP contribution in [0.1, 0.15) is 34.3 Å². The van der Waals surface area contributed by atoms with E-state index in [-0.39, 0.29) is 22.8 Å². The maximum Gasteiger partial charge on any atom is 0.293 e. The minimum absolute atomic E-state index is 0.0262. The van der Waals surface area contributed by atoms with E-state index >= 15 is 0 Å². The molecule has 1 fully saturated rings. The summed E-state index contributed by atoms with van der Waals surface area (Å²) in [4.78, 5) is 23.1. The lowest BCUT2D eigenvalue weighted by molar-refractivity contribution is -0.384. The second-order valence-electron chi connectivity index (χ2n) is 5.98. The van der Waals surface area contributed by atoms with Crippen molar-refractivity contribution in [3.8, 4) is 17.1 Å². The monoisotopic (exact) mass is 386 g/mol. The minimum atomic E-state index is -0.527. The average molecular weight is 386 g/mol. The number of benzene rings is 1. The first-order valence-electron chi connectivity index (χ1n) is 8.12. The zero-order chi connectivity index (χ0) is 19.0. The predicted octanol–water partition coefficient (Wildman–Crippen LogP) is 3.84. The normalized spacial score (nSPS) is 13.4. The Bertz CT molecular complexity index is 1020. The van der Waals surface area contributed by atoms with Gasteiger partial charge in [-0.2, -0.15) is 0 Å². The molecule has 0 radical (unpaired) electrons. The van der Waals surface area contributed by atoms with E-state index in [9.17, 15) is 14.9 Å². The van der Waals surface area contributed by atoms with Crippen LogP contribution in [0, 0.1) is 10.1 Å². The molecule has 1 aromatic carbocycles. The number of hydrogen-bond donors (Lipinski definition) is 1. The van der Waals surface area contributed by atoms with Gasteiger partial charge in [0.25, 0.3) is 11.6 Å². The molecular formula is C17H14N4O5S. The Morgan fingerprint density at radius 1 is 1.33 bits per heavy atom. The molecule has 27 heavy (non-hydrogen) atoms. The molecule has 2 heterocycles. The molecule has 1 aliphatic carbocycles. The first-order valence-corrected chi connectivity index (χ1v) is 8.94. The summed E-state index contributed by atoms with van der Waals surface area (Å²) in [5.41, 5.74) is 0.0839. The Balaban J connectivity index is 1.55. The van der Waals surface area contributed by atoms with E-state index in [1.165, 1.54) is 42.7 Å². The third-order valence-corrected chi connectivity index (χ3v) is 5.09. The van der Waals surface area contributed by atoms with Gasteiger partial charge in [0.2, 0.25) is 5.13 Å². The van der Waals surface area contributed by atoms with Crippen molar-refractivity contribution in [1.29, 1.82) is 0 Å². The van der Waals surface area contributed by atoms with E-state index in [0.29, 0.717) is 16.8 Å². The molecule has 1 aliphatic rings. The average Bonchev–Trinajstić information content (AvgIpc) is 3.21. The fourth-order valence-corrected chi connectivity index (χ4v) is 3.45. The van der Waals surface area contributed by atoms with E-state index < -0.39 is 10.8 Å². The van der Waals surface area contributed by atoms with Crippen LogP contribution in [0.5, 0.6) is 5.75 Å². The van der Waals surface area contributed by atoms with E-state index in [0.717, 1.165) is 17.8 Å². The van der Waals surface area contributed by atoms with Crippen molar-refractivity contribution in [2.75, 3.05) is 12.4 Å². The van der Waals surface area contributed by atoms with Crippen LogP contribution in [-0.4, -0.2) is 28.1 Å². The predicted molar refractivity (Wildman–Crippen MR) is 97.2 cm³/mol. The van der Waals surface area contributed by atoms with Crippen LogP contribution in [0.3, 0.4) is 0 Å². The molecule has 1 amide bonds. The second kappa shape index (κ2) is 6.80. The summed E-state index contributed by atoms with van der Waals surface area (Å²) in [5, 5.41) is 23.3. The summed E-state index contributed by atoms with van der Waals surface area (Å²) in [6.07, 6.45) is 2.20. The zero-order valence-electron chi connectivity index (χ0n) is 14.2. The lowest BCUT2D eigenvalue weighted by Gasteiger charge is -2.03. The molecule has 138 valence electrons. The SMILES string of the molecule is COc1ccc(-c2ccc(C(=O)Nc3nnc(C4CC4)s3)o2)c([N+](=O)[O-])c1. The van der Waals surface area contributed by atoms with Crippen molar-refractivity contribution in [3.63, 3.8) is 0 Å². The van der Waals surface area contributed by atoms with Crippen molar-refractivity contribution in [1.82, 2.24) is 10.2 Å². The van der Waals surface area contributed by atoms with Crippen LogP contribution in [-0.2, 0) is 0 Å². The van der Waals surface area contributed by atoms with Crippen LogP contribution in [0.2, 0.25) is 0 Å². The fourth-order valence-electron chi connectivity index (χ4n) is 2.54. The third kappa shape index (κ3) is 3.51. The van der Waals surface area contributed by atoms with Crippen LogP contribution in [0.15, 0.2) is 34.7 Å². The number of anilines is 1. The van der Waals surface area contributed by atoms with Crippen molar-refractivity contribution < 1.29 is 18.9 Å². The van der Waals surface area contributed by atoms with Gasteiger partial charge in [-0.25, -0.2) is 0 Å². The number of carbonyl (C=O) groups excluding carboxylic acids is 1. The van der Waals surface area contributed by atoms with Gasteiger partial charge in [0, 0.05) is 5.92 Å². The molecule has 1 N–H and O–H groups in total. The molecule has 3 aromatic rings. The number of nitro benzene ring substituents is 1.